The predicted octanol–water partition coefficient (Wildman–Crippen LogP) is 1.75. The third-order valence-electron chi connectivity index (χ3n) is 5.18. The van der Waals surface area contributed by atoms with Crippen molar-refractivity contribution in [2.75, 3.05) is 13.1 Å². The molecule has 1 saturated heterocycles. The van der Waals surface area contributed by atoms with Crippen LogP contribution in [0.4, 0.5) is 0 Å². The van der Waals surface area contributed by atoms with Gasteiger partial charge in [-0.2, -0.15) is 0 Å². The van der Waals surface area contributed by atoms with E-state index in [2.05, 4.69) is 6.92 Å². The van der Waals surface area contributed by atoms with Gasteiger partial charge in [0, 0.05) is 18.5 Å². The van der Waals surface area contributed by atoms with Crippen LogP contribution in [0.25, 0.3) is 0 Å². The SMILES string of the molecule is CCC1(C(=O)N2C[C@H](C(=O)O)[C@@H](C3CC3)C2)CC1. The fraction of sp³-hybridized carbons (Fsp3) is 0.857. The quantitative estimate of drug-likeness (QED) is 0.828. The molecule has 2 aliphatic carbocycles. The summed E-state index contributed by atoms with van der Waals surface area (Å²) in [7, 11) is 0. The number of nitrogens with zero attached hydrogens (tertiary/aromatic N) is 1. The first-order valence-corrected chi connectivity index (χ1v) is 7.09. The van der Waals surface area contributed by atoms with Gasteiger partial charge in [0.25, 0.3) is 0 Å². The van der Waals surface area contributed by atoms with E-state index in [1.54, 1.807) is 0 Å². The largest absolute Gasteiger partial charge is 0.481 e. The van der Waals surface area contributed by atoms with Gasteiger partial charge in [0.15, 0.2) is 0 Å². The van der Waals surface area contributed by atoms with E-state index in [1.807, 2.05) is 4.90 Å². The Balaban J connectivity index is 1.72. The molecule has 3 rings (SSSR count). The van der Waals surface area contributed by atoms with E-state index in [0.29, 0.717) is 19.0 Å². The molecule has 4 nitrogen and oxygen atoms in total. The zero-order valence-electron chi connectivity index (χ0n) is 10.9. The molecule has 1 heterocycles. The number of likely N-dealkylation sites (tertiary alicyclic amines) is 1. The molecule has 0 aromatic carbocycles. The second-order valence-corrected chi connectivity index (χ2v) is 6.29. The summed E-state index contributed by atoms with van der Waals surface area (Å²) in [5, 5.41) is 9.30. The lowest BCUT2D eigenvalue weighted by Gasteiger charge is -2.22. The molecule has 0 spiro atoms. The van der Waals surface area contributed by atoms with Crippen LogP contribution in [0.1, 0.15) is 39.0 Å². The number of rotatable bonds is 4. The van der Waals surface area contributed by atoms with E-state index in [1.165, 1.54) is 0 Å². The van der Waals surface area contributed by atoms with Crippen LogP contribution in [0.5, 0.6) is 0 Å². The minimum Gasteiger partial charge on any atom is -0.481 e. The van der Waals surface area contributed by atoms with E-state index < -0.39 is 5.97 Å². The molecule has 2 atom stereocenters. The lowest BCUT2D eigenvalue weighted by molar-refractivity contribution is -0.143. The lowest BCUT2D eigenvalue weighted by Crippen LogP contribution is -2.36. The van der Waals surface area contributed by atoms with Crippen molar-refractivity contribution in [3.05, 3.63) is 0 Å². The lowest BCUT2D eigenvalue weighted by atomic mass is 9.92. The van der Waals surface area contributed by atoms with Crippen molar-refractivity contribution < 1.29 is 14.7 Å². The number of carboxylic acids is 1. The molecule has 1 amide bonds. The van der Waals surface area contributed by atoms with Gasteiger partial charge in [0.05, 0.1) is 5.92 Å². The van der Waals surface area contributed by atoms with E-state index in [-0.39, 0.29) is 23.2 Å². The summed E-state index contributed by atoms with van der Waals surface area (Å²) in [6.07, 6.45) is 5.17. The highest BCUT2D eigenvalue weighted by atomic mass is 16.4. The van der Waals surface area contributed by atoms with Crippen molar-refractivity contribution in [1.82, 2.24) is 4.90 Å². The first kappa shape index (κ1) is 12.0. The van der Waals surface area contributed by atoms with Gasteiger partial charge in [0.1, 0.15) is 0 Å². The highest BCUT2D eigenvalue weighted by molar-refractivity contribution is 5.86. The Kier molecular flexibility index (Phi) is 2.65. The molecule has 1 aliphatic heterocycles. The maximum atomic E-state index is 12.5. The Bertz CT molecular complexity index is 385. The van der Waals surface area contributed by atoms with Crippen molar-refractivity contribution >= 4 is 11.9 Å². The zero-order chi connectivity index (χ0) is 12.9. The Labute approximate surface area is 107 Å². The summed E-state index contributed by atoms with van der Waals surface area (Å²) in [5.74, 6) is -0.0585. The molecule has 3 fully saturated rings. The zero-order valence-corrected chi connectivity index (χ0v) is 10.9. The van der Waals surface area contributed by atoms with Gasteiger partial charge in [-0.15, -0.1) is 0 Å². The maximum Gasteiger partial charge on any atom is 0.308 e. The molecule has 0 bridgehead atoms. The van der Waals surface area contributed by atoms with E-state index >= 15 is 0 Å². The van der Waals surface area contributed by atoms with Gasteiger partial charge >= 0.3 is 5.97 Å². The summed E-state index contributed by atoms with van der Waals surface area (Å²) in [4.78, 5) is 25.6. The minimum absolute atomic E-state index is 0.124. The smallest absolute Gasteiger partial charge is 0.308 e. The normalized spacial score (nSPS) is 33.5. The third-order valence-corrected chi connectivity index (χ3v) is 5.18. The van der Waals surface area contributed by atoms with Crippen molar-refractivity contribution in [3.63, 3.8) is 0 Å². The van der Waals surface area contributed by atoms with Crippen molar-refractivity contribution in [2.45, 2.75) is 39.0 Å². The molecule has 0 aromatic heterocycles. The summed E-state index contributed by atoms with van der Waals surface area (Å²) in [5.41, 5.74) is -0.124. The van der Waals surface area contributed by atoms with Crippen LogP contribution in [0.3, 0.4) is 0 Å². The Morgan fingerprint density at radius 1 is 1.28 bits per heavy atom. The molecular formula is C14H21NO3. The van der Waals surface area contributed by atoms with E-state index in [4.69, 9.17) is 0 Å². The second kappa shape index (κ2) is 3.97. The van der Waals surface area contributed by atoms with Gasteiger partial charge in [-0.05, 0) is 43.9 Å². The molecular weight excluding hydrogens is 230 g/mol. The highest BCUT2D eigenvalue weighted by Gasteiger charge is 2.54. The van der Waals surface area contributed by atoms with Crippen LogP contribution in [-0.2, 0) is 9.59 Å². The van der Waals surface area contributed by atoms with Gasteiger partial charge in [-0.1, -0.05) is 6.92 Å². The first-order valence-electron chi connectivity index (χ1n) is 7.09. The van der Waals surface area contributed by atoms with Crippen LogP contribution in [-0.4, -0.2) is 35.0 Å². The van der Waals surface area contributed by atoms with Gasteiger partial charge < -0.3 is 10.0 Å². The molecule has 3 aliphatic rings. The van der Waals surface area contributed by atoms with E-state index in [0.717, 1.165) is 32.1 Å². The number of amides is 1. The summed E-state index contributed by atoms with van der Waals surface area (Å²) in [6, 6.07) is 0. The van der Waals surface area contributed by atoms with Crippen LogP contribution in [0.15, 0.2) is 0 Å². The topological polar surface area (TPSA) is 57.6 Å². The summed E-state index contributed by atoms with van der Waals surface area (Å²) >= 11 is 0. The van der Waals surface area contributed by atoms with Crippen molar-refractivity contribution in [3.8, 4) is 0 Å². The van der Waals surface area contributed by atoms with E-state index in [9.17, 15) is 14.7 Å². The molecule has 4 heteroatoms. The van der Waals surface area contributed by atoms with Gasteiger partial charge in [0.2, 0.25) is 5.91 Å². The van der Waals surface area contributed by atoms with Crippen LogP contribution >= 0.6 is 0 Å². The Morgan fingerprint density at radius 2 is 1.94 bits per heavy atom. The molecule has 2 saturated carbocycles. The van der Waals surface area contributed by atoms with Crippen LogP contribution in [0.2, 0.25) is 0 Å². The number of hydrogen-bond donors (Lipinski definition) is 1. The fourth-order valence-corrected chi connectivity index (χ4v) is 3.46. The molecule has 0 aromatic rings. The molecule has 0 radical (unpaired) electrons. The van der Waals surface area contributed by atoms with Crippen molar-refractivity contribution in [2.24, 2.45) is 23.2 Å². The van der Waals surface area contributed by atoms with Crippen LogP contribution < -0.4 is 0 Å². The number of carbonyl (C=O) groups excluding carboxylic acids is 1. The predicted molar refractivity (Wildman–Crippen MR) is 65.9 cm³/mol. The average molecular weight is 251 g/mol. The van der Waals surface area contributed by atoms with Gasteiger partial charge in [-0.25, -0.2) is 0 Å². The Hall–Kier alpha value is -1.06. The standard InChI is InChI=1S/C14H21NO3/c1-2-14(5-6-14)13(18)15-7-10(9-3-4-9)11(8-15)12(16)17/h9-11H,2-8H2,1H3,(H,16,17)/t10-,11+/m1/s1. The van der Waals surface area contributed by atoms with Crippen molar-refractivity contribution in [1.29, 1.82) is 0 Å². The highest BCUT2D eigenvalue weighted by Crippen LogP contribution is 2.52. The maximum absolute atomic E-state index is 12.5. The first-order chi connectivity index (χ1) is 8.57. The monoisotopic (exact) mass is 251 g/mol. The Morgan fingerprint density at radius 3 is 2.39 bits per heavy atom. The minimum atomic E-state index is -0.719. The number of carboxylic acid groups (broad SMARTS) is 1. The van der Waals surface area contributed by atoms with Gasteiger partial charge in [-0.3, -0.25) is 9.59 Å². The second-order valence-electron chi connectivity index (χ2n) is 6.29. The summed E-state index contributed by atoms with van der Waals surface area (Å²) < 4.78 is 0. The summed E-state index contributed by atoms with van der Waals surface area (Å²) in [6.45, 7) is 3.19. The molecule has 0 unspecified atom stereocenters. The fourth-order valence-electron chi connectivity index (χ4n) is 3.46. The average Bonchev–Trinajstić information content (AvgIpc) is 3.26. The third kappa shape index (κ3) is 1.82. The molecule has 18 heavy (non-hydrogen) atoms. The number of aliphatic carboxylic acids is 1. The number of carbonyl (C=O) groups is 2. The molecule has 1 N–H and O–H groups in total. The number of hydrogen-bond acceptors (Lipinski definition) is 2. The molecule has 100 valence electrons. The van der Waals surface area contributed by atoms with Crippen LogP contribution in [0, 0.1) is 23.2 Å².